The summed E-state index contributed by atoms with van der Waals surface area (Å²) in [6, 6.07) is 32.6. The first-order chi connectivity index (χ1) is 42.0. The fourth-order valence-electron chi connectivity index (χ4n) is 15.4. The van der Waals surface area contributed by atoms with E-state index in [1.807, 2.05) is 23.9 Å². The van der Waals surface area contributed by atoms with E-state index in [0.29, 0.717) is 48.7 Å². The summed E-state index contributed by atoms with van der Waals surface area (Å²) >= 11 is 1.87. The number of piperidine rings is 2. The van der Waals surface area contributed by atoms with Gasteiger partial charge >= 0.3 is 11.9 Å². The number of methoxy groups -OCH3 is 1. The highest BCUT2D eigenvalue weighted by Crippen LogP contribution is 2.66. The monoisotopic (exact) mass is 1260 g/mol. The molecule has 0 aromatic heterocycles. The van der Waals surface area contributed by atoms with Gasteiger partial charge in [-0.3, -0.25) is 19.3 Å². The second-order valence-corrected chi connectivity index (χ2v) is 26.3. The van der Waals surface area contributed by atoms with E-state index < -0.39 is 41.3 Å². The molecule has 0 radical (unpaired) electrons. The van der Waals surface area contributed by atoms with Crippen molar-refractivity contribution < 1.29 is 73.9 Å². The Morgan fingerprint density at radius 1 is 0.764 bits per heavy atom. The normalized spacial score (nSPS) is 27.4. The second kappa shape index (κ2) is 25.7. The Labute approximate surface area is 528 Å². The van der Waals surface area contributed by atoms with Gasteiger partial charge in [0.15, 0.2) is 59.0 Å². The van der Waals surface area contributed by atoms with Gasteiger partial charge in [0.25, 0.3) is 0 Å². The summed E-state index contributed by atoms with van der Waals surface area (Å²) < 4.78 is 17.8. The summed E-state index contributed by atoms with van der Waals surface area (Å²) in [4.78, 5) is 67.8. The lowest BCUT2D eigenvalue weighted by Gasteiger charge is -2.62. The molecule has 15 rings (SSSR count). The van der Waals surface area contributed by atoms with Crippen molar-refractivity contribution in [2.45, 2.75) is 147 Å². The molecule has 89 heavy (non-hydrogen) atoms. The van der Waals surface area contributed by atoms with Crippen molar-refractivity contribution in [3.05, 3.63) is 119 Å². The molecule has 22 heteroatoms. The molecule has 4 bridgehead atoms. The molecular formula is C67H80ClN5O15S. The maximum Gasteiger partial charge on any atom is 0.335 e. The topological polar surface area (TPSA) is 280 Å². The number of Topliss-reactive ketones (excluding diaryl/α,β-unsaturated/α-hetero) is 2. The lowest BCUT2D eigenvalue weighted by atomic mass is 9.49. The van der Waals surface area contributed by atoms with Gasteiger partial charge in [0, 0.05) is 83.0 Å². The van der Waals surface area contributed by atoms with Crippen LogP contribution in [0, 0.1) is 11.8 Å². The van der Waals surface area contributed by atoms with Crippen LogP contribution >= 0.6 is 24.2 Å². The van der Waals surface area contributed by atoms with E-state index in [0.717, 1.165) is 86.8 Å². The van der Waals surface area contributed by atoms with Gasteiger partial charge in [-0.05, 0) is 176 Å². The zero-order chi connectivity index (χ0) is 62.7. The number of likely N-dealkylation sites (N-methyl/N-ethyl adjacent to an activating group) is 2. The van der Waals surface area contributed by atoms with Crippen molar-refractivity contribution in [2.75, 3.05) is 64.6 Å². The Balaban J connectivity index is 0.000000127. The predicted molar refractivity (Wildman–Crippen MR) is 335 cm³/mol. The quantitative estimate of drug-likeness (QED) is 0.0635. The lowest BCUT2D eigenvalue weighted by Crippen LogP contribution is -2.76. The van der Waals surface area contributed by atoms with E-state index in [4.69, 9.17) is 39.7 Å². The number of halogens is 1. The first-order valence-corrected chi connectivity index (χ1v) is 31.1. The summed E-state index contributed by atoms with van der Waals surface area (Å²) in [5, 5.41) is 66.3. The zero-order valence-electron chi connectivity index (χ0n) is 50.8. The predicted octanol–water partition coefficient (Wildman–Crippen LogP) is 7.35. The van der Waals surface area contributed by atoms with E-state index >= 15 is 0 Å². The molecule has 5 aliphatic carbocycles. The number of phenols is 2. The van der Waals surface area contributed by atoms with Gasteiger partial charge in [0.2, 0.25) is 5.91 Å². The molecule has 5 aliphatic heterocycles. The zero-order valence-corrected chi connectivity index (χ0v) is 52.5. The molecule has 2 spiro atoms. The minimum atomic E-state index is -2.27. The number of aliphatic hydroxyl groups excluding tert-OH is 2. The summed E-state index contributed by atoms with van der Waals surface area (Å²) in [5.41, 5.74) is 6.37. The number of aromatic hydroxyl groups is 2. The van der Waals surface area contributed by atoms with Crippen LogP contribution in [0.3, 0.4) is 0 Å². The van der Waals surface area contributed by atoms with Crippen LogP contribution in [0.5, 0.6) is 28.7 Å². The third kappa shape index (κ3) is 11.7. The van der Waals surface area contributed by atoms with Gasteiger partial charge < -0.3 is 70.0 Å². The standard InChI is InChI=1S/C20H23NO4.C18H21NO3.C17H20N2S.C8H9NO2.C4H6O6.ClH/c22-13-4-3-12-9-15-20(24)6-5-14(23)18-19(20,16(12)17(13)25-18)7-8-21(15)10-11-1-2-11;1-19-8-7-18-11-4-5-13(20)17(18)22-16-14(21-2)6-3-10(15(16)18)9-12(11)19;1-13(18(2)3)12-19-14-8-4-6-10-16(14)20-17-11-7-5-9-15(17)19;1-6(10)9-7-2-4-8(11)5-3-7;5-1(3(7)8)2(6)4(9)10;/h3-4,11,15,18,22,24H,1-2,5-10H2;3,6,11-12,17H,4-5,7-9H2,1-2H3;4-11,13H,12H2,1-3H3;2-5,11H,1H3,(H,9,10);1-2,5-6H,(H,7,8)(H,9,10);1H/t15-,18+,19+,20-;11-,12+,17-,18-;;;1-,2-;/m10..1./s1. The highest BCUT2D eigenvalue weighted by molar-refractivity contribution is 7.99. The molecule has 476 valence electrons. The number of benzene rings is 5. The van der Waals surface area contributed by atoms with Gasteiger partial charge in [0.1, 0.15) is 5.75 Å². The smallest absolute Gasteiger partial charge is 0.335 e. The van der Waals surface area contributed by atoms with Crippen molar-refractivity contribution in [2.24, 2.45) is 11.8 Å². The second-order valence-electron chi connectivity index (χ2n) is 25.3. The van der Waals surface area contributed by atoms with Crippen molar-refractivity contribution in [1.82, 2.24) is 14.7 Å². The average molecular weight is 1260 g/mol. The number of carboxylic acids is 2. The number of carbonyl (C=O) groups is 5. The number of aliphatic hydroxyl groups is 3. The summed E-state index contributed by atoms with van der Waals surface area (Å²) in [5.74, 6) is 0.388. The van der Waals surface area contributed by atoms with Crippen LogP contribution in [0.2, 0.25) is 0 Å². The molecule has 5 aromatic carbocycles. The number of phenolic OH excluding ortho intramolecular Hbond substituents is 2. The SMILES string of the molecule is CC(=O)Nc1ccc(O)cc1.CC(CN1c2ccccc2Sc2ccccc21)N(C)C.COc1ccc2c3c1O[C@H]1C(=O)CC[C@H]4[C@@H](C2)N(C)CC[C@]314.Cl.O=C(O)[C@H](O)[C@@H](O)C(=O)O.O=C1CC[C@@]2(O)[C@H]3Cc4ccc(O)c5c4[C@@]2(CCN3CC2CC2)[C@H]1O5. The maximum absolute atomic E-state index is 12.7. The third-order valence-electron chi connectivity index (χ3n) is 20.0. The molecule has 5 heterocycles. The van der Waals surface area contributed by atoms with Crippen molar-refractivity contribution >= 4 is 70.6 Å². The van der Waals surface area contributed by atoms with E-state index in [1.54, 1.807) is 25.3 Å². The number of rotatable bonds is 10. The number of amides is 1. The molecule has 3 saturated carbocycles. The molecule has 5 fully saturated rings. The number of ketones is 2. The number of nitrogens with one attached hydrogen (secondary N) is 1. The van der Waals surface area contributed by atoms with Crippen LogP contribution in [0.15, 0.2) is 107 Å². The third-order valence-corrected chi connectivity index (χ3v) is 21.1. The Bertz CT molecular complexity index is 3450. The van der Waals surface area contributed by atoms with Crippen molar-refractivity contribution in [1.29, 1.82) is 0 Å². The van der Waals surface area contributed by atoms with Gasteiger partial charge in [0.05, 0.1) is 29.5 Å². The highest BCUT2D eigenvalue weighted by atomic mass is 35.5. The fourth-order valence-corrected chi connectivity index (χ4v) is 16.5. The summed E-state index contributed by atoms with van der Waals surface area (Å²) in [6.45, 7) is 7.71. The molecule has 1 amide bonds. The Morgan fingerprint density at radius 3 is 1.98 bits per heavy atom. The molecule has 2 saturated heterocycles. The van der Waals surface area contributed by atoms with Gasteiger partial charge in [-0.25, -0.2) is 9.59 Å². The molecule has 1 unspecified atom stereocenters. The van der Waals surface area contributed by atoms with Gasteiger partial charge in [-0.2, -0.15) is 0 Å². The molecular weight excluding hydrogens is 1180 g/mol. The molecule has 20 nitrogen and oxygen atoms in total. The fraction of sp³-hybridized carbons (Fsp3) is 0.478. The number of para-hydroxylation sites is 2. The van der Waals surface area contributed by atoms with Gasteiger partial charge in [-0.1, -0.05) is 48.2 Å². The number of carbonyl (C=O) groups excluding carboxylic acids is 3. The number of hydrogen-bond acceptors (Lipinski definition) is 18. The van der Waals surface area contributed by atoms with Gasteiger partial charge in [-0.15, -0.1) is 12.4 Å². The number of fused-ring (bicyclic) bond motifs is 2. The minimum absolute atomic E-state index is 0. The van der Waals surface area contributed by atoms with E-state index in [1.165, 1.54) is 64.2 Å². The van der Waals surface area contributed by atoms with Crippen LogP contribution in [0.25, 0.3) is 0 Å². The van der Waals surface area contributed by atoms with E-state index in [2.05, 4.69) is 108 Å². The number of nitrogens with zero attached hydrogens (tertiary/aromatic N) is 4. The van der Waals surface area contributed by atoms with Crippen LogP contribution in [-0.2, 0) is 47.6 Å². The average Bonchev–Trinajstić information content (AvgIpc) is 1.63. The Morgan fingerprint density at radius 2 is 1.37 bits per heavy atom. The van der Waals surface area contributed by atoms with Crippen LogP contribution < -0.4 is 24.4 Å². The lowest BCUT2D eigenvalue weighted by molar-refractivity contribution is -0.188. The van der Waals surface area contributed by atoms with E-state index in [-0.39, 0.29) is 58.9 Å². The Hall–Kier alpha value is -6.95. The Kier molecular flexibility index (Phi) is 18.8. The van der Waals surface area contributed by atoms with Crippen molar-refractivity contribution in [3.63, 3.8) is 0 Å². The number of hydrogen-bond donors (Lipinski definition) is 8. The highest BCUT2D eigenvalue weighted by Gasteiger charge is 2.73. The van der Waals surface area contributed by atoms with Crippen molar-refractivity contribution in [3.8, 4) is 28.7 Å². The minimum Gasteiger partial charge on any atom is -0.508 e. The van der Waals surface area contributed by atoms with E-state index in [9.17, 15) is 34.2 Å². The largest absolute Gasteiger partial charge is 0.508 e. The molecule has 8 N–H and O–H groups in total. The number of likely N-dealkylation sites (tertiary alicyclic amines) is 2. The van der Waals surface area contributed by atoms with Crippen LogP contribution in [-0.4, -0.2) is 182 Å². The number of ether oxygens (including phenoxy) is 3. The first kappa shape index (κ1) is 65.0. The molecule has 10 aliphatic rings. The van der Waals surface area contributed by atoms with Crippen LogP contribution in [0.4, 0.5) is 17.1 Å². The molecule has 5 aromatic rings. The first-order valence-electron chi connectivity index (χ1n) is 30.3. The maximum atomic E-state index is 12.7. The summed E-state index contributed by atoms with van der Waals surface area (Å²) in [6.07, 6.45) is 3.26. The molecule has 11 atom stereocenters. The number of aliphatic carboxylic acids is 2. The van der Waals surface area contributed by atoms with Crippen LogP contribution in [0.1, 0.15) is 87.5 Å². The number of anilines is 3. The number of carboxylic acid groups (broad SMARTS) is 2. The summed E-state index contributed by atoms with van der Waals surface area (Å²) in [7, 11) is 8.19.